The first-order valence-corrected chi connectivity index (χ1v) is 8.27. The minimum absolute atomic E-state index is 0.358. The predicted octanol–water partition coefficient (Wildman–Crippen LogP) is 4.20. The molecule has 0 saturated heterocycles. The number of fused-ring (bicyclic) bond motifs is 1. The zero-order chi connectivity index (χ0) is 14.3. The number of rotatable bonds is 2. The van der Waals surface area contributed by atoms with E-state index >= 15 is 0 Å². The van der Waals surface area contributed by atoms with Crippen LogP contribution in [-0.4, -0.2) is 4.98 Å². The second-order valence-electron chi connectivity index (χ2n) is 5.45. The van der Waals surface area contributed by atoms with Gasteiger partial charge >= 0.3 is 127 Å². The summed E-state index contributed by atoms with van der Waals surface area (Å²) in [5, 5.41) is 1.25. The van der Waals surface area contributed by atoms with Gasteiger partial charge in [0.2, 0.25) is 0 Å². The molecule has 0 fully saturated rings. The summed E-state index contributed by atoms with van der Waals surface area (Å²) in [6.07, 6.45) is 1.90. The number of aromatic nitrogens is 1. The molecule has 0 N–H and O–H groups in total. The monoisotopic (exact) mass is 301 g/mol. The van der Waals surface area contributed by atoms with Crippen molar-refractivity contribution in [3.05, 3.63) is 57.7 Å². The van der Waals surface area contributed by atoms with Gasteiger partial charge in [-0.05, 0) is 0 Å². The van der Waals surface area contributed by atoms with E-state index in [2.05, 4.69) is 56.9 Å². The van der Waals surface area contributed by atoms with E-state index in [1.54, 1.807) is 4.44 Å². The Balaban J connectivity index is 2.04. The van der Waals surface area contributed by atoms with Gasteiger partial charge in [0, 0.05) is 0 Å². The molecule has 1 aromatic carbocycles. The van der Waals surface area contributed by atoms with Crippen molar-refractivity contribution in [2.24, 2.45) is 5.92 Å². The molecule has 1 heterocycles. The number of hydrogen-bond acceptors (Lipinski definition) is 1. The summed E-state index contributed by atoms with van der Waals surface area (Å²) < 4.78 is 3.02. The van der Waals surface area contributed by atoms with Crippen LogP contribution in [0.1, 0.15) is 27.7 Å². The molecule has 1 aliphatic carbocycles. The van der Waals surface area contributed by atoms with Crippen LogP contribution in [0.4, 0.5) is 0 Å². The molecule has 20 heavy (non-hydrogen) atoms. The van der Waals surface area contributed by atoms with E-state index in [4.69, 9.17) is 0 Å². The number of para-hydroxylation sites is 1. The minimum atomic E-state index is 0.358. The van der Waals surface area contributed by atoms with Gasteiger partial charge in [-0.25, -0.2) is 0 Å². The van der Waals surface area contributed by atoms with Crippen molar-refractivity contribution >= 4 is 15.3 Å². The average molecular weight is 301 g/mol. The summed E-state index contributed by atoms with van der Waals surface area (Å²) in [5.41, 5.74) is 5.70. The van der Waals surface area contributed by atoms with Crippen LogP contribution in [0.25, 0.3) is 10.9 Å². The van der Waals surface area contributed by atoms with Crippen LogP contribution in [0.3, 0.4) is 0 Å². The number of allylic oxidation sites excluding steroid dienone is 4. The van der Waals surface area contributed by atoms with Crippen LogP contribution in [0.2, 0.25) is 0 Å². The van der Waals surface area contributed by atoms with Crippen LogP contribution in [0.15, 0.2) is 57.7 Å². The molecule has 2 heteroatoms. The quantitative estimate of drug-likeness (QED) is 0.810. The van der Waals surface area contributed by atoms with Crippen molar-refractivity contribution in [2.45, 2.75) is 27.7 Å². The van der Waals surface area contributed by atoms with Gasteiger partial charge in [-0.3, -0.25) is 0 Å². The van der Waals surface area contributed by atoms with E-state index < -0.39 is 0 Å². The van der Waals surface area contributed by atoms with Crippen LogP contribution in [-0.2, 0) is 15.2 Å². The van der Waals surface area contributed by atoms with Gasteiger partial charge < -0.3 is 0 Å². The van der Waals surface area contributed by atoms with E-state index in [0.717, 1.165) is 0 Å². The topological polar surface area (TPSA) is 12.9 Å². The Morgan fingerprint density at radius 1 is 1.00 bits per heavy atom. The first-order valence-electron chi connectivity index (χ1n) is 6.99. The third-order valence-electron chi connectivity index (χ3n) is 4.38. The van der Waals surface area contributed by atoms with Gasteiger partial charge in [0.25, 0.3) is 0 Å². The second kappa shape index (κ2) is 5.20. The van der Waals surface area contributed by atoms with E-state index in [0.29, 0.717) is 21.1 Å². The molecule has 0 aliphatic heterocycles. The number of benzene rings is 1. The van der Waals surface area contributed by atoms with Gasteiger partial charge in [0.1, 0.15) is 0 Å². The maximum absolute atomic E-state index is 4.59. The first-order chi connectivity index (χ1) is 9.59. The summed E-state index contributed by atoms with van der Waals surface area (Å²) in [4.78, 5) is 4.59. The van der Waals surface area contributed by atoms with Gasteiger partial charge in [-0.2, -0.15) is 0 Å². The maximum atomic E-state index is 4.59. The van der Waals surface area contributed by atoms with Crippen LogP contribution in [0.5, 0.6) is 0 Å². The SMILES string of the molecule is CC1=C(C)C(C)[C]([Cr][c]2cccc3cccnc23)=C1C. The van der Waals surface area contributed by atoms with Crippen molar-refractivity contribution in [3.63, 3.8) is 0 Å². The van der Waals surface area contributed by atoms with Crippen molar-refractivity contribution in [1.82, 2.24) is 4.98 Å². The summed E-state index contributed by atoms with van der Waals surface area (Å²) in [5.74, 6) is 0.592. The summed E-state index contributed by atoms with van der Waals surface area (Å²) in [6.45, 7) is 9.14. The standard InChI is InChI=1S/C9H6N.C9H13.Cr/c1-2-6-9-8(4-1)5-3-7-10-9;1-6-5-7(2)9(4)8(6)3;/h1-5,7H;6H,1-4H3;. The molecule has 0 bridgehead atoms. The molecule has 1 unspecified atom stereocenters. The Morgan fingerprint density at radius 2 is 1.75 bits per heavy atom. The number of hydrogen-bond donors (Lipinski definition) is 0. The predicted molar refractivity (Wildman–Crippen MR) is 81.6 cm³/mol. The first kappa shape index (κ1) is 13.6. The van der Waals surface area contributed by atoms with E-state index in [1.165, 1.54) is 32.0 Å². The number of nitrogens with zero attached hydrogens (tertiary/aromatic N) is 1. The van der Waals surface area contributed by atoms with Crippen LogP contribution >= 0.6 is 0 Å². The Kier molecular flexibility index (Phi) is 3.54. The molecule has 0 spiro atoms. The normalized spacial score (nSPS) is 19.3. The van der Waals surface area contributed by atoms with Crippen molar-refractivity contribution in [2.75, 3.05) is 0 Å². The average Bonchev–Trinajstić information content (AvgIpc) is 2.65. The molecule has 1 atom stereocenters. The fourth-order valence-electron chi connectivity index (χ4n) is 2.77. The summed E-state index contributed by atoms with van der Waals surface area (Å²) in [6, 6.07) is 10.7. The van der Waals surface area contributed by atoms with Crippen molar-refractivity contribution < 1.29 is 15.2 Å². The molecule has 2 aromatic rings. The summed E-state index contributed by atoms with van der Waals surface area (Å²) in [7, 11) is 0. The molecular weight excluding hydrogens is 282 g/mol. The fourth-order valence-corrected chi connectivity index (χ4v) is 4.82. The molecule has 1 nitrogen and oxygen atoms in total. The third-order valence-corrected chi connectivity index (χ3v) is 6.61. The Morgan fingerprint density at radius 3 is 2.45 bits per heavy atom. The van der Waals surface area contributed by atoms with Gasteiger partial charge in [-0.15, -0.1) is 0 Å². The van der Waals surface area contributed by atoms with E-state index in [-0.39, 0.29) is 0 Å². The van der Waals surface area contributed by atoms with Crippen LogP contribution in [0, 0.1) is 5.92 Å². The van der Waals surface area contributed by atoms with Gasteiger partial charge in [0.05, 0.1) is 0 Å². The Labute approximate surface area is 127 Å². The fraction of sp³-hybridized carbons (Fsp3) is 0.278. The zero-order valence-electron chi connectivity index (χ0n) is 12.4. The second-order valence-corrected chi connectivity index (χ2v) is 7.14. The molecule has 3 rings (SSSR count). The van der Waals surface area contributed by atoms with Crippen molar-refractivity contribution in [1.29, 1.82) is 0 Å². The van der Waals surface area contributed by atoms with E-state index in [9.17, 15) is 0 Å². The molecule has 102 valence electrons. The van der Waals surface area contributed by atoms with Crippen LogP contribution < -0.4 is 4.43 Å². The molecular formula is C18H19CrN. The van der Waals surface area contributed by atoms with Crippen molar-refractivity contribution in [3.8, 4) is 0 Å². The molecule has 0 radical (unpaired) electrons. The molecule has 1 aliphatic rings. The zero-order valence-corrected chi connectivity index (χ0v) is 13.7. The summed E-state index contributed by atoms with van der Waals surface area (Å²) >= 11 is 0.358. The van der Waals surface area contributed by atoms with Gasteiger partial charge in [-0.1, -0.05) is 0 Å². The molecule has 1 aromatic heterocycles. The van der Waals surface area contributed by atoms with Gasteiger partial charge in [0.15, 0.2) is 0 Å². The Hall–Kier alpha value is -1.36. The Bertz CT molecular complexity index is 735. The third kappa shape index (κ3) is 2.14. The molecule has 0 amide bonds. The van der Waals surface area contributed by atoms with E-state index in [1.807, 2.05) is 12.3 Å². The number of pyridine rings is 1. The molecule has 0 saturated carbocycles.